The summed E-state index contributed by atoms with van der Waals surface area (Å²) in [6.45, 7) is 7.34. The molecule has 0 saturated heterocycles. The van der Waals surface area contributed by atoms with Crippen LogP contribution in [0, 0.1) is 11.8 Å². The number of Topliss-reactive ketones (excluding diaryl/α,β-unsaturated/α-hetero) is 2. The van der Waals surface area contributed by atoms with Gasteiger partial charge in [-0.1, -0.05) is 12.2 Å². The van der Waals surface area contributed by atoms with Crippen LogP contribution in [0.5, 0.6) is 0 Å². The summed E-state index contributed by atoms with van der Waals surface area (Å²) < 4.78 is 0. The molecular formula is C10H14O2. The highest BCUT2D eigenvalue weighted by Gasteiger charge is 2.32. The van der Waals surface area contributed by atoms with Crippen LogP contribution in [-0.4, -0.2) is 11.6 Å². The lowest BCUT2D eigenvalue weighted by Crippen LogP contribution is -2.31. The Hall–Kier alpha value is -0.920. The molecule has 0 N–H and O–H groups in total. The van der Waals surface area contributed by atoms with Gasteiger partial charge in [-0.15, -0.1) is 0 Å². The van der Waals surface area contributed by atoms with E-state index >= 15 is 0 Å². The predicted molar refractivity (Wildman–Crippen MR) is 46.7 cm³/mol. The van der Waals surface area contributed by atoms with Gasteiger partial charge in [0.15, 0.2) is 0 Å². The Labute approximate surface area is 72.7 Å². The fourth-order valence-electron chi connectivity index (χ4n) is 1.44. The van der Waals surface area contributed by atoms with Crippen LogP contribution in [0.15, 0.2) is 12.2 Å². The van der Waals surface area contributed by atoms with Gasteiger partial charge in [-0.25, -0.2) is 0 Å². The van der Waals surface area contributed by atoms with Crippen molar-refractivity contribution in [1.82, 2.24) is 0 Å². The molecule has 0 aromatic carbocycles. The standard InChI is InChI=1S/C10H14O2/c1-6(2)8-4-9(11)7(3)10(12)5-8/h7-8H,1,4-5H2,2-3H3. The van der Waals surface area contributed by atoms with Crippen molar-refractivity contribution in [3.05, 3.63) is 12.2 Å². The number of hydrogen-bond acceptors (Lipinski definition) is 2. The molecule has 0 unspecified atom stereocenters. The second-order valence-corrected chi connectivity index (χ2v) is 3.61. The fraction of sp³-hybridized carbons (Fsp3) is 0.600. The van der Waals surface area contributed by atoms with Gasteiger partial charge >= 0.3 is 0 Å². The fourth-order valence-corrected chi connectivity index (χ4v) is 1.44. The highest BCUT2D eigenvalue weighted by Crippen LogP contribution is 2.27. The lowest BCUT2D eigenvalue weighted by atomic mass is 9.78. The third-order valence-corrected chi connectivity index (χ3v) is 2.56. The van der Waals surface area contributed by atoms with E-state index < -0.39 is 0 Å². The van der Waals surface area contributed by atoms with E-state index in [0.29, 0.717) is 12.8 Å². The van der Waals surface area contributed by atoms with E-state index in [2.05, 4.69) is 6.58 Å². The summed E-state index contributed by atoms with van der Waals surface area (Å²) in [5, 5.41) is 0. The summed E-state index contributed by atoms with van der Waals surface area (Å²) in [4.78, 5) is 22.5. The third kappa shape index (κ3) is 1.63. The summed E-state index contributed by atoms with van der Waals surface area (Å²) >= 11 is 0. The minimum absolute atomic E-state index is 0.0688. The monoisotopic (exact) mass is 166 g/mol. The maximum Gasteiger partial charge on any atom is 0.143 e. The molecule has 0 spiro atoms. The lowest BCUT2D eigenvalue weighted by molar-refractivity contribution is -0.136. The number of allylic oxidation sites excluding steroid dienone is 1. The van der Waals surface area contributed by atoms with E-state index in [1.807, 2.05) is 6.92 Å². The van der Waals surface area contributed by atoms with E-state index in [1.165, 1.54) is 0 Å². The summed E-state index contributed by atoms with van der Waals surface area (Å²) in [5.74, 6) is -0.139. The van der Waals surface area contributed by atoms with Gasteiger partial charge in [-0.3, -0.25) is 9.59 Å². The first-order valence-electron chi connectivity index (χ1n) is 4.23. The van der Waals surface area contributed by atoms with Crippen LogP contribution in [0.1, 0.15) is 26.7 Å². The molecule has 0 atom stereocenters. The SMILES string of the molecule is C=C(C)C1CC(=O)C(C)C(=O)C1. The van der Waals surface area contributed by atoms with Crippen molar-refractivity contribution in [2.75, 3.05) is 0 Å². The van der Waals surface area contributed by atoms with Gasteiger partial charge in [0.2, 0.25) is 0 Å². The molecule has 0 aromatic rings. The molecular weight excluding hydrogens is 152 g/mol. The maximum absolute atomic E-state index is 11.3. The van der Waals surface area contributed by atoms with Gasteiger partial charge in [0.1, 0.15) is 11.6 Å². The smallest absolute Gasteiger partial charge is 0.143 e. The number of carbonyl (C=O) groups is 2. The van der Waals surface area contributed by atoms with Crippen molar-refractivity contribution in [1.29, 1.82) is 0 Å². The van der Waals surface area contributed by atoms with Gasteiger partial charge in [0, 0.05) is 12.8 Å². The van der Waals surface area contributed by atoms with Gasteiger partial charge in [-0.05, 0) is 19.8 Å². The number of carbonyl (C=O) groups excluding carboxylic acids is 2. The molecule has 1 aliphatic carbocycles. The zero-order valence-electron chi connectivity index (χ0n) is 7.59. The second kappa shape index (κ2) is 3.21. The molecule has 1 saturated carbocycles. The Balaban J connectivity index is 2.72. The third-order valence-electron chi connectivity index (χ3n) is 2.56. The number of hydrogen-bond donors (Lipinski definition) is 0. The largest absolute Gasteiger partial charge is 0.299 e. The molecule has 1 aliphatic rings. The zero-order chi connectivity index (χ0) is 9.30. The molecule has 2 heteroatoms. The van der Waals surface area contributed by atoms with Crippen molar-refractivity contribution < 1.29 is 9.59 Å². The normalized spacial score (nSPS) is 30.5. The molecule has 66 valence electrons. The Kier molecular flexibility index (Phi) is 2.46. The van der Waals surface area contributed by atoms with Crippen molar-refractivity contribution in [3.63, 3.8) is 0 Å². The highest BCUT2D eigenvalue weighted by atomic mass is 16.2. The molecule has 0 radical (unpaired) electrons. The Morgan fingerprint density at radius 2 is 1.75 bits per heavy atom. The first-order valence-corrected chi connectivity index (χ1v) is 4.23. The van der Waals surface area contributed by atoms with Crippen LogP contribution >= 0.6 is 0 Å². The molecule has 2 nitrogen and oxygen atoms in total. The van der Waals surface area contributed by atoms with Crippen molar-refractivity contribution >= 4 is 11.6 Å². The van der Waals surface area contributed by atoms with Crippen LogP contribution in [0.2, 0.25) is 0 Å². The first kappa shape index (κ1) is 9.17. The number of ketones is 2. The van der Waals surface area contributed by atoms with Crippen LogP contribution in [0.3, 0.4) is 0 Å². The van der Waals surface area contributed by atoms with E-state index in [1.54, 1.807) is 6.92 Å². The minimum atomic E-state index is -0.374. The van der Waals surface area contributed by atoms with Crippen LogP contribution in [0.25, 0.3) is 0 Å². The lowest BCUT2D eigenvalue weighted by Gasteiger charge is -2.24. The molecule has 0 aliphatic heterocycles. The Bertz CT molecular complexity index is 222. The molecule has 0 bridgehead atoms. The second-order valence-electron chi connectivity index (χ2n) is 3.61. The predicted octanol–water partition coefficient (Wildman–Crippen LogP) is 1.75. The van der Waals surface area contributed by atoms with Crippen LogP contribution < -0.4 is 0 Å². The maximum atomic E-state index is 11.3. The summed E-state index contributed by atoms with van der Waals surface area (Å²) in [7, 11) is 0. The van der Waals surface area contributed by atoms with E-state index in [4.69, 9.17) is 0 Å². The average Bonchev–Trinajstić information content (AvgIpc) is 1.99. The number of rotatable bonds is 1. The highest BCUT2D eigenvalue weighted by molar-refractivity contribution is 6.04. The van der Waals surface area contributed by atoms with Gasteiger partial charge in [0.05, 0.1) is 5.92 Å². The zero-order valence-corrected chi connectivity index (χ0v) is 7.59. The molecule has 0 heterocycles. The quantitative estimate of drug-likeness (QED) is 0.439. The van der Waals surface area contributed by atoms with Gasteiger partial charge < -0.3 is 0 Å². The van der Waals surface area contributed by atoms with Gasteiger partial charge in [-0.2, -0.15) is 0 Å². The molecule has 1 rings (SSSR count). The topological polar surface area (TPSA) is 34.1 Å². The Morgan fingerprint density at radius 3 is 2.08 bits per heavy atom. The van der Waals surface area contributed by atoms with Gasteiger partial charge in [0.25, 0.3) is 0 Å². The van der Waals surface area contributed by atoms with E-state index in [-0.39, 0.29) is 23.4 Å². The Morgan fingerprint density at radius 1 is 1.33 bits per heavy atom. The van der Waals surface area contributed by atoms with Crippen molar-refractivity contribution in [2.24, 2.45) is 11.8 Å². The minimum Gasteiger partial charge on any atom is -0.299 e. The molecule has 0 amide bonds. The summed E-state index contributed by atoms with van der Waals surface area (Å²) in [6.07, 6.45) is 1.00. The van der Waals surface area contributed by atoms with Crippen LogP contribution in [0.4, 0.5) is 0 Å². The van der Waals surface area contributed by atoms with E-state index in [0.717, 1.165) is 5.57 Å². The van der Waals surface area contributed by atoms with Crippen molar-refractivity contribution in [2.45, 2.75) is 26.7 Å². The molecule has 1 fully saturated rings. The van der Waals surface area contributed by atoms with Crippen molar-refractivity contribution in [3.8, 4) is 0 Å². The summed E-state index contributed by atoms with van der Waals surface area (Å²) in [5.41, 5.74) is 0.948. The summed E-state index contributed by atoms with van der Waals surface area (Å²) in [6, 6.07) is 0. The first-order chi connectivity index (χ1) is 5.52. The average molecular weight is 166 g/mol. The van der Waals surface area contributed by atoms with E-state index in [9.17, 15) is 9.59 Å². The molecule has 12 heavy (non-hydrogen) atoms. The molecule has 0 aromatic heterocycles. The van der Waals surface area contributed by atoms with Crippen LogP contribution in [-0.2, 0) is 9.59 Å².